The van der Waals surface area contributed by atoms with Crippen LogP contribution in [0.4, 0.5) is 13.2 Å². The molecular weight excluding hydrogens is 229 g/mol. The first kappa shape index (κ1) is 14.7. The second-order valence-electron chi connectivity index (χ2n) is 3.22. The van der Waals surface area contributed by atoms with E-state index in [1.165, 1.54) is 13.8 Å². The molecular formula is C8H13F3N2O3. The molecule has 0 aromatic heterocycles. The van der Waals surface area contributed by atoms with Crippen molar-refractivity contribution >= 4 is 11.8 Å². The highest BCUT2D eigenvalue weighted by Gasteiger charge is 2.38. The van der Waals surface area contributed by atoms with Crippen LogP contribution in [-0.4, -0.2) is 41.8 Å². The topological polar surface area (TPSA) is 78.4 Å². The Hall–Kier alpha value is -1.31. The summed E-state index contributed by atoms with van der Waals surface area (Å²) in [4.78, 5) is 21.6. The molecule has 0 heterocycles. The minimum atomic E-state index is -4.77. The Morgan fingerprint density at radius 1 is 1.38 bits per heavy atom. The molecule has 0 radical (unpaired) electrons. The Morgan fingerprint density at radius 2 is 1.88 bits per heavy atom. The maximum Gasteiger partial charge on any atom is 0.416 e. The van der Waals surface area contributed by atoms with E-state index in [4.69, 9.17) is 5.11 Å². The van der Waals surface area contributed by atoms with Gasteiger partial charge < -0.3 is 15.7 Å². The van der Waals surface area contributed by atoms with Crippen molar-refractivity contribution in [2.45, 2.75) is 32.2 Å². The lowest BCUT2D eigenvalue weighted by Crippen LogP contribution is -2.48. The van der Waals surface area contributed by atoms with E-state index in [1.807, 2.05) is 5.32 Å². The van der Waals surface area contributed by atoms with Crippen LogP contribution in [0, 0.1) is 0 Å². The third-order valence-corrected chi connectivity index (χ3v) is 1.66. The zero-order valence-electron chi connectivity index (χ0n) is 8.76. The van der Waals surface area contributed by atoms with Crippen molar-refractivity contribution in [2.75, 3.05) is 6.54 Å². The third kappa shape index (κ3) is 5.54. The van der Waals surface area contributed by atoms with E-state index in [2.05, 4.69) is 5.32 Å². The zero-order valence-corrected chi connectivity index (χ0v) is 8.76. The third-order valence-electron chi connectivity index (χ3n) is 1.66. The van der Waals surface area contributed by atoms with Crippen LogP contribution in [-0.2, 0) is 9.59 Å². The molecule has 0 bridgehead atoms. The molecule has 16 heavy (non-hydrogen) atoms. The number of hydrogen-bond acceptors (Lipinski definition) is 3. The van der Waals surface area contributed by atoms with Crippen LogP contribution in [0.2, 0.25) is 0 Å². The number of aliphatic hydroxyl groups excluding tert-OH is 1. The van der Waals surface area contributed by atoms with Crippen LogP contribution in [0.5, 0.6) is 0 Å². The molecule has 2 amide bonds. The number of amides is 2. The van der Waals surface area contributed by atoms with Gasteiger partial charge in [0.05, 0.1) is 6.54 Å². The normalized spacial score (nSPS) is 15.1. The lowest BCUT2D eigenvalue weighted by atomic mass is 10.3. The second kappa shape index (κ2) is 5.69. The summed E-state index contributed by atoms with van der Waals surface area (Å²) < 4.78 is 35.5. The van der Waals surface area contributed by atoms with Crippen molar-refractivity contribution in [3.8, 4) is 0 Å². The largest absolute Gasteiger partial charge is 0.416 e. The molecule has 0 aliphatic rings. The Morgan fingerprint density at radius 3 is 2.25 bits per heavy atom. The van der Waals surface area contributed by atoms with E-state index in [-0.39, 0.29) is 0 Å². The van der Waals surface area contributed by atoms with Crippen LogP contribution in [0.3, 0.4) is 0 Å². The highest BCUT2D eigenvalue weighted by molar-refractivity contribution is 5.86. The number of hydrogen-bond donors (Lipinski definition) is 3. The van der Waals surface area contributed by atoms with E-state index in [0.29, 0.717) is 0 Å². The minimum Gasteiger partial charge on any atom is -0.382 e. The average Bonchev–Trinajstić information content (AvgIpc) is 2.10. The summed E-state index contributed by atoms with van der Waals surface area (Å²) in [7, 11) is 0. The number of carbonyl (C=O) groups excluding carboxylic acids is 2. The first-order valence-corrected chi connectivity index (χ1v) is 4.44. The van der Waals surface area contributed by atoms with Crippen molar-refractivity contribution in [3.63, 3.8) is 0 Å². The molecule has 3 N–H and O–H groups in total. The fourth-order valence-corrected chi connectivity index (χ4v) is 0.837. The lowest BCUT2D eigenvalue weighted by Gasteiger charge is -2.17. The summed E-state index contributed by atoms with van der Waals surface area (Å²) in [6, 6.07) is -0.946. The fourth-order valence-electron chi connectivity index (χ4n) is 0.837. The quantitative estimate of drug-likeness (QED) is 0.624. The standard InChI is InChI=1S/C8H13F3N2O3/c1-4(13-5(2)14)7(16)12-3-6(15)8(9,10)11/h4,6,15H,3H2,1-2H3,(H,12,16)(H,13,14). The number of halogens is 3. The van der Waals surface area contributed by atoms with Crippen molar-refractivity contribution in [1.82, 2.24) is 10.6 Å². The maximum absolute atomic E-state index is 11.8. The minimum absolute atomic E-state index is 0.473. The number of rotatable bonds is 4. The van der Waals surface area contributed by atoms with Gasteiger partial charge in [0, 0.05) is 6.92 Å². The number of alkyl halides is 3. The van der Waals surface area contributed by atoms with Crippen LogP contribution in [0.25, 0.3) is 0 Å². The van der Waals surface area contributed by atoms with Gasteiger partial charge in [0.15, 0.2) is 6.10 Å². The van der Waals surface area contributed by atoms with Crippen LogP contribution >= 0.6 is 0 Å². The maximum atomic E-state index is 11.8. The molecule has 0 aromatic rings. The van der Waals surface area contributed by atoms with Crippen molar-refractivity contribution in [3.05, 3.63) is 0 Å². The van der Waals surface area contributed by atoms with Crippen LogP contribution in [0.1, 0.15) is 13.8 Å². The summed E-state index contributed by atoms with van der Waals surface area (Å²) in [5.41, 5.74) is 0. The molecule has 0 aliphatic carbocycles. The first-order chi connectivity index (χ1) is 7.14. The van der Waals surface area contributed by atoms with E-state index >= 15 is 0 Å². The van der Waals surface area contributed by atoms with Crippen LogP contribution in [0.15, 0.2) is 0 Å². The Kier molecular flexibility index (Phi) is 5.22. The molecule has 94 valence electrons. The van der Waals surface area contributed by atoms with Crippen molar-refractivity contribution in [1.29, 1.82) is 0 Å². The first-order valence-electron chi connectivity index (χ1n) is 4.44. The van der Waals surface area contributed by atoms with E-state index in [9.17, 15) is 22.8 Å². The summed E-state index contributed by atoms with van der Waals surface area (Å²) in [5, 5.41) is 12.6. The number of nitrogens with one attached hydrogen (secondary N) is 2. The number of aliphatic hydroxyl groups is 1. The predicted octanol–water partition coefficient (Wildman–Crippen LogP) is -0.450. The predicted molar refractivity (Wildman–Crippen MR) is 48.4 cm³/mol. The molecule has 0 rings (SSSR count). The van der Waals surface area contributed by atoms with Gasteiger partial charge in [-0.3, -0.25) is 9.59 Å². The molecule has 0 fully saturated rings. The SMILES string of the molecule is CC(=O)NC(C)C(=O)NCC(O)C(F)(F)F. The van der Waals surface area contributed by atoms with E-state index in [0.717, 1.165) is 0 Å². The Bertz CT molecular complexity index is 268. The monoisotopic (exact) mass is 242 g/mol. The van der Waals surface area contributed by atoms with Crippen molar-refractivity contribution < 1.29 is 27.9 Å². The van der Waals surface area contributed by atoms with Gasteiger partial charge >= 0.3 is 6.18 Å². The van der Waals surface area contributed by atoms with Crippen molar-refractivity contribution in [2.24, 2.45) is 0 Å². The summed E-state index contributed by atoms with van der Waals surface area (Å²) in [5.74, 6) is -1.27. The summed E-state index contributed by atoms with van der Waals surface area (Å²) >= 11 is 0. The average molecular weight is 242 g/mol. The molecule has 2 unspecified atom stereocenters. The van der Waals surface area contributed by atoms with Crippen LogP contribution < -0.4 is 10.6 Å². The van der Waals surface area contributed by atoms with Gasteiger partial charge in [-0.25, -0.2) is 0 Å². The highest BCUT2D eigenvalue weighted by Crippen LogP contribution is 2.19. The molecule has 0 saturated heterocycles. The molecule has 2 atom stereocenters. The smallest absolute Gasteiger partial charge is 0.382 e. The van der Waals surface area contributed by atoms with Gasteiger partial charge in [-0.15, -0.1) is 0 Å². The molecule has 0 spiro atoms. The van der Waals surface area contributed by atoms with Gasteiger partial charge in [-0.1, -0.05) is 0 Å². The van der Waals surface area contributed by atoms with Gasteiger partial charge in [0.25, 0.3) is 0 Å². The van der Waals surface area contributed by atoms with Gasteiger partial charge in [-0.2, -0.15) is 13.2 Å². The second-order valence-corrected chi connectivity index (χ2v) is 3.22. The Balaban J connectivity index is 4.03. The van der Waals surface area contributed by atoms with Gasteiger partial charge in [-0.05, 0) is 6.92 Å². The molecule has 5 nitrogen and oxygen atoms in total. The summed E-state index contributed by atoms with van der Waals surface area (Å²) in [6.07, 6.45) is -7.38. The van der Waals surface area contributed by atoms with E-state index < -0.39 is 36.7 Å². The van der Waals surface area contributed by atoms with Gasteiger partial charge in [0.1, 0.15) is 6.04 Å². The lowest BCUT2D eigenvalue weighted by molar-refractivity contribution is -0.201. The Labute approximate surface area is 90.0 Å². The van der Waals surface area contributed by atoms with E-state index in [1.54, 1.807) is 0 Å². The van der Waals surface area contributed by atoms with Gasteiger partial charge in [0.2, 0.25) is 11.8 Å². The zero-order chi connectivity index (χ0) is 12.9. The molecule has 0 saturated carbocycles. The molecule has 8 heteroatoms. The number of carbonyl (C=O) groups is 2. The highest BCUT2D eigenvalue weighted by atomic mass is 19.4. The fraction of sp³-hybridized carbons (Fsp3) is 0.750. The summed E-state index contributed by atoms with van der Waals surface area (Å²) in [6.45, 7) is 1.55. The molecule has 0 aromatic carbocycles. The molecule has 0 aliphatic heterocycles.